The smallest absolute Gasteiger partial charge is 0.292 e. The molecule has 1 N–H and O–H groups in total. The maximum atomic E-state index is 14.9. The number of ether oxygens (including phenoxy) is 1. The molecule has 38 heavy (non-hydrogen) atoms. The maximum Gasteiger partial charge on any atom is 0.292 e. The van der Waals surface area contributed by atoms with Crippen molar-refractivity contribution in [2.75, 3.05) is 25.5 Å². The summed E-state index contributed by atoms with van der Waals surface area (Å²) in [6, 6.07) is 6.93. The number of hydrogen-bond donors (Lipinski definition) is 1. The minimum absolute atomic E-state index is 0.0121. The first-order chi connectivity index (χ1) is 18.3. The number of methoxy groups -OCH3 is 1. The quantitative estimate of drug-likeness (QED) is 0.331. The molecule has 4 heterocycles. The van der Waals surface area contributed by atoms with E-state index >= 15 is 0 Å². The van der Waals surface area contributed by atoms with E-state index in [0.717, 1.165) is 31.4 Å². The zero-order valence-corrected chi connectivity index (χ0v) is 21.9. The van der Waals surface area contributed by atoms with Crippen molar-refractivity contribution in [3.63, 3.8) is 0 Å². The molecule has 1 fully saturated rings. The SMILES string of the molecule is COC=O.Cc1nc2c(F)cc(-c3nc(Nc4ccc(CN5CCCC5)cn4)ncc3F)cc2n1C(C)C. The molecule has 1 aliphatic rings. The molecular weight excluding hydrogens is 492 g/mol. The lowest BCUT2D eigenvalue weighted by molar-refractivity contribution is -0.126. The number of halogens is 2. The van der Waals surface area contributed by atoms with Crippen molar-refractivity contribution in [3.8, 4) is 11.3 Å². The highest BCUT2D eigenvalue weighted by atomic mass is 19.1. The summed E-state index contributed by atoms with van der Waals surface area (Å²) in [7, 11) is 1.31. The van der Waals surface area contributed by atoms with Gasteiger partial charge in [0.15, 0.2) is 11.6 Å². The summed E-state index contributed by atoms with van der Waals surface area (Å²) >= 11 is 0. The van der Waals surface area contributed by atoms with Gasteiger partial charge in [0, 0.05) is 24.3 Å². The Hall–Kier alpha value is -3.99. The van der Waals surface area contributed by atoms with Gasteiger partial charge in [-0.2, -0.15) is 0 Å². The number of benzene rings is 1. The second-order valence-electron chi connectivity index (χ2n) is 9.33. The summed E-state index contributed by atoms with van der Waals surface area (Å²) in [6.07, 6.45) is 5.39. The molecule has 0 bridgehead atoms. The van der Waals surface area contributed by atoms with Crippen LogP contribution in [-0.2, 0) is 16.1 Å². The van der Waals surface area contributed by atoms with Gasteiger partial charge in [-0.3, -0.25) is 9.69 Å². The van der Waals surface area contributed by atoms with Gasteiger partial charge in [-0.05, 0) is 70.5 Å². The van der Waals surface area contributed by atoms with Crippen molar-refractivity contribution in [2.24, 2.45) is 0 Å². The first kappa shape index (κ1) is 27.1. The molecule has 0 aliphatic carbocycles. The van der Waals surface area contributed by atoms with Crippen LogP contribution < -0.4 is 5.32 Å². The summed E-state index contributed by atoms with van der Waals surface area (Å²) in [6.45, 7) is 9.32. The fraction of sp³-hybridized carbons (Fsp3) is 0.370. The zero-order valence-electron chi connectivity index (χ0n) is 21.9. The van der Waals surface area contributed by atoms with Crippen LogP contribution in [0.5, 0.6) is 0 Å². The molecule has 5 rings (SSSR count). The van der Waals surface area contributed by atoms with Gasteiger partial charge in [0.2, 0.25) is 5.95 Å². The molecular formula is C27H31F2N7O2. The summed E-state index contributed by atoms with van der Waals surface area (Å²) in [4.78, 5) is 28.5. The number of carbonyl (C=O) groups is 1. The molecule has 3 aromatic heterocycles. The van der Waals surface area contributed by atoms with E-state index < -0.39 is 11.6 Å². The Balaban J connectivity index is 0.000000786. The fourth-order valence-electron chi connectivity index (χ4n) is 4.59. The molecule has 4 aromatic rings. The summed E-state index contributed by atoms with van der Waals surface area (Å²) in [5.74, 6) is 0.289. The van der Waals surface area contributed by atoms with Crippen molar-refractivity contribution >= 4 is 29.3 Å². The van der Waals surface area contributed by atoms with Gasteiger partial charge in [0.1, 0.15) is 22.9 Å². The molecule has 0 atom stereocenters. The van der Waals surface area contributed by atoms with E-state index in [1.165, 1.54) is 26.0 Å². The van der Waals surface area contributed by atoms with Crippen LogP contribution in [0.1, 0.15) is 44.1 Å². The van der Waals surface area contributed by atoms with Crippen molar-refractivity contribution in [1.82, 2.24) is 29.4 Å². The number of aromatic nitrogens is 5. The zero-order chi connectivity index (χ0) is 27.2. The van der Waals surface area contributed by atoms with Gasteiger partial charge in [-0.25, -0.2) is 28.7 Å². The van der Waals surface area contributed by atoms with Crippen LogP contribution in [0, 0.1) is 18.6 Å². The van der Waals surface area contributed by atoms with Gasteiger partial charge < -0.3 is 14.6 Å². The number of nitrogens with one attached hydrogen (secondary N) is 1. The fourth-order valence-corrected chi connectivity index (χ4v) is 4.59. The van der Waals surface area contributed by atoms with Gasteiger partial charge in [-0.1, -0.05) is 6.07 Å². The molecule has 0 saturated carbocycles. The molecule has 1 aliphatic heterocycles. The molecule has 1 saturated heterocycles. The van der Waals surface area contributed by atoms with Crippen LogP contribution in [-0.4, -0.2) is 56.1 Å². The number of rotatable bonds is 7. The predicted octanol–water partition coefficient (Wildman–Crippen LogP) is 5.18. The first-order valence-corrected chi connectivity index (χ1v) is 12.4. The number of nitrogens with zero attached hydrogens (tertiary/aromatic N) is 6. The third-order valence-corrected chi connectivity index (χ3v) is 6.22. The highest BCUT2D eigenvalue weighted by Crippen LogP contribution is 2.30. The Morgan fingerprint density at radius 1 is 1.08 bits per heavy atom. The number of aryl methyl sites for hydroxylation is 1. The van der Waals surface area contributed by atoms with Gasteiger partial charge in [0.05, 0.1) is 18.8 Å². The monoisotopic (exact) mass is 523 g/mol. The Labute approximate surface area is 219 Å². The Bertz CT molecular complexity index is 1400. The number of carbonyl (C=O) groups excluding carboxylic acids is 1. The van der Waals surface area contributed by atoms with Crippen LogP contribution in [0.3, 0.4) is 0 Å². The Kier molecular flexibility index (Phi) is 8.57. The Morgan fingerprint density at radius 2 is 1.82 bits per heavy atom. The van der Waals surface area contributed by atoms with Crippen LogP contribution >= 0.6 is 0 Å². The van der Waals surface area contributed by atoms with E-state index in [-0.39, 0.29) is 23.2 Å². The van der Waals surface area contributed by atoms with E-state index in [1.807, 2.05) is 43.7 Å². The van der Waals surface area contributed by atoms with Crippen LogP contribution in [0.4, 0.5) is 20.5 Å². The van der Waals surface area contributed by atoms with Gasteiger partial charge in [0.25, 0.3) is 6.47 Å². The average Bonchev–Trinajstić information content (AvgIpc) is 3.53. The highest BCUT2D eigenvalue weighted by molar-refractivity contribution is 5.83. The molecule has 0 amide bonds. The number of imidazole rings is 1. The lowest BCUT2D eigenvalue weighted by Crippen LogP contribution is -2.18. The van der Waals surface area contributed by atoms with Crippen LogP contribution in [0.2, 0.25) is 0 Å². The molecule has 0 unspecified atom stereocenters. The lowest BCUT2D eigenvalue weighted by atomic mass is 10.1. The molecule has 0 spiro atoms. The molecule has 1 aromatic carbocycles. The number of pyridine rings is 1. The summed E-state index contributed by atoms with van der Waals surface area (Å²) in [5, 5.41) is 3.02. The number of fused-ring (bicyclic) bond motifs is 1. The normalized spacial score (nSPS) is 13.4. The summed E-state index contributed by atoms with van der Waals surface area (Å²) in [5.41, 5.74) is 2.34. The molecule has 11 heteroatoms. The average molecular weight is 524 g/mol. The number of anilines is 2. The molecule has 9 nitrogen and oxygen atoms in total. The molecule has 200 valence electrons. The first-order valence-electron chi connectivity index (χ1n) is 12.4. The highest BCUT2D eigenvalue weighted by Gasteiger charge is 2.18. The second-order valence-corrected chi connectivity index (χ2v) is 9.33. The van der Waals surface area contributed by atoms with Crippen molar-refractivity contribution in [3.05, 3.63) is 59.7 Å². The van der Waals surface area contributed by atoms with Crippen molar-refractivity contribution in [2.45, 2.75) is 46.2 Å². The minimum Gasteiger partial charge on any atom is -0.471 e. The second kappa shape index (κ2) is 12.0. The van der Waals surface area contributed by atoms with E-state index in [0.29, 0.717) is 29.2 Å². The van der Waals surface area contributed by atoms with E-state index in [1.54, 1.807) is 6.07 Å². The molecule has 0 radical (unpaired) electrons. The van der Waals surface area contributed by atoms with E-state index in [4.69, 9.17) is 4.79 Å². The lowest BCUT2D eigenvalue weighted by Gasteiger charge is -2.14. The maximum absolute atomic E-state index is 14.9. The van der Waals surface area contributed by atoms with Crippen LogP contribution in [0.15, 0.2) is 36.7 Å². The van der Waals surface area contributed by atoms with E-state index in [2.05, 4.69) is 34.9 Å². The topological polar surface area (TPSA) is 98.1 Å². The van der Waals surface area contributed by atoms with Crippen LogP contribution in [0.25, 0.3) is 22.3 Å². The predicted molar refractivity (Wildman–Crippen MR) is 141 cm³/mol. The third-order valence-electron chi connectivity index (χ3n) is 6.22. The van der Waals surface area contributed by atoms with Gasteiger partial charge >= 0.3 is 0 Å². The number of likely N-dealkylation sites (tertiary alicyclic amines) is 1. The van der Waals surface area contributed by atoms with E-state index in [9.17, 15) is 8.78 Å². The summed E-state index contributed by atoms with van der Waals surface area (Å²) < 4.78 is 35.4. The standard InChI is InChI=1S/C25H27F2N7.C2H4O2/c1-15(2)34-16(3)30-24-19(26)10-18(11-21(24)34)23-20(27)13-29-25(32-23)31-22-7-6-17(12-28-22)14-33-8-4-5-9-33;1-4-2-3/h6-7,10-13,15H,4-5,8-9,14H2,1-3H3,(H,28,29,31,32);2H,1H3. The van der Waals surface area contributed by atoms with Gasteiger partial charge in [-0.15, -0.1) is 0 Å². The van der Waals surface area contributed by atoms with Crippen molar-refractivity contribution < 1.29 is 18.3 Å². The largest absolute Gasteiger partial charge is 0.471 e. The minimum atomic E-state index is -0.634. The Morgan fingerprint density at radius 3 is 2.45 bits per heavy atom. The van der Waals surface area contributed by atoms with Crippen molar-refractivity contribution in [1.29, 1.82) is 0 Å². The number of hydrogen-bond acceptors (Lipinski definition) is 8. The third kappa shape index (κ3) is 6.10.